The van der Waals surface area contributed by atoms with Crippen LogP contribution in [0.4, 0.5) is 0 Å². The second-order valence-electron chi connectivity index (χ2n) is 9.44. The van der Waals surface area contributed by atoms with E-state index in [0.717, 1.165) is 20.7 Å². The molecule has 1 amide bonds. The molecule has 0 aliphatic carbocycles. The molecule has 2 aromatic carbocycles. The lowest BCUT2D eigenvalue weighted by Gasteiger charge is -2.27. The predicted molar refractivity (Wildman–Crippen MR) is 159 cm³/mol. The van der Waals surface area contributed by atoms with E-state index in [1.165, 1.54) is 4.31 Å². The molecule has 0 aliphatic heterocycles. The summed E-state index contributed by atoms with van der Waals surface area (Å²) in [6.45, 7) is 4.71. The number of hydrogen-bond acceptors (Lipinski definition) is 7. The van der Waals surface area contributed by atoms with Crippen molar-refractivity contribution >= 4 is 38.2 Å². The summed E-state index contributed by atoms with van der Waals surface area (Å²) in [6.07, 6.45) is 2.72. The topological polar surface area (TPSA) is 89.0 Å². The molecule has 0 spiro atoms. The van der Waals surface area contributed by atoms with Crippen molar-refractivity contribution in [1.82, 2.24) is 14.2 Å². The standard InChI is InChI=1S/C30H35N3O5S2/c1-5-17-33(40(35,36)28-10-6-8-24-9-7-16-31-30(24)28)21-29(34)32(20-25-13-11-22(2)39-25)18-15-23-12-14-26(37-3)27(19-23)38-4/h6-14,16,19H,5,15,17-18,20-21H2,1-4H3. The Bertz CT molecular complexity index is 1560. The first-order valence-corrected chi connectivity index (χ1v) is 15.4. The number of benzene rings is 2. The minimum atomic E-state index is -3.98. The van der Waals surface area contributed by atoms with Crippen LogP contribution in [0, 0.1) is 6.92 Å². The number of aryl methyl sites for hydroxylation is 1. The largest absolute Gasteiger partial charge is 0.493 e. The van der Waals surface area contributed by atoms with Crippen LogP contribution >= 0.6 is 11.3 Å². The van der Waals surface area contributed by atoms with Gasteiger partial charge in [0.05, 0.1) is 32.8 Å². The Hall–Kier alpha value is -3.47. The fraction of sp³-hybridized carbons (Fsp3) is 0.333. The molecule has 0 saturated carbocycles. The number of pyridine rings is 1. The van der Waals surface area contributed by atoms with Crippen LogP contribution in [0.15, 0.2) is 71.8 Å². The highest BCUT2D eigenvalue weighted by atomic mass is 32.2. The molecule has 0 saturated heterocycles. The molecule has 40 heavy (non-hydrogen) atoms. The van der Waals surface area contributed by atoms with Gasteiger partial charge in [-0.25, -0.2) is 8.42 Å². The number of nitrogens with zero attached hydrogens (tertiary/aromatic N) is 3. The molecule has 4 aromatic rings. The quantitative estimate of drug-likeness (QED) is 0.213. The molecule has 0 unspecified atom stereocenters. The average molecular weight is 582 g/mol. The van der Waals surface area contributed by atoms with Gasteiger partial charge in [-0.3, -0.25) is 9.78 Å². The Balaban J connectivity index is 1.60. The molecule has 10 heteroatoms. The summed E-state index contributed by atoms with van der Waals surface area (Å²) < 4.78 is 39.8. The van der Waals surface area contributed by atoms with Gasteiger partial charge in [0.25, 0.3) is 0 Å². The second-order valence-corrected chi connectivity index (χ2v) is 12.7. The predicted octanol–water partition coefficient (Wildman–Crippen LogP) is 5.29. The Labute approximate surface area is 240 Å². The van der Waals surface area contributed by atoms with E-state index in [9.17, 15) is 13.2 Å². The molecule has 0 radical (unpaired) electrons. The van der Waals surface area contributed by atoms with E-state index < -0.39 is 10.0 Å². The van der Waals surface area contributed by atoms with Crippen molar-refractivity contribution in [1.29, 1.82) is 0 Å². The first kappa shape index (κ1) is 29.5. The van der Waals surface area contributed by atoms with E-state index in [1.54, 1.807) is 54.9 Å². The van der Waals surface area contributed by atoms with E-state index >= 15 is 0 Å². The lowest BCUT2D eigenvalue weighted by molar-refractivity contribution is -0.132. The smallest absolute Gasteiger partial charge is 0.245 e. The number of rotatable bonds is 13. The van der Waals surface area contributed by atoms with Crippen molar-refractivity contribution in [3.63, 3.8) is 0 Å². The molecule has 0 aliphatic rings. The Kier molecular flexibility index (Phi) is 9.78. The van der Waals surface area contributed by atoms with Crippen LogP contribution in [-0.2, 0) is 27.8 Å². The normalized spacial score (nSPS) is 11.6. The van der Waals surface area contributed by atoms with E-state index in [2.05, 4.69) is 4.98 Å². The SMILES string of the molecule is CCCN(CC(=O)N(CCc1ccc(OC)c(OC)c1)Cc1ccc(C)s1)S(=O)(=O)c1cccc2cccnc12. The minimum absolute atomic E-state index is 0.109. The van der Waals surface area contributed by atoms with Crippen LogP contribution < -0.4 is 9.47 Å². The highest BCUT2D eigenvalue weighted by Crippen LogP contribution is 2.28. The van der Waals surface area contributed by atoms with Gasteiger partial charge in [-0.05, 0) is 61.7 Å². The van der Waals surface area contributed by atoms with Gasteiger partial charge in [-0.2, -0.15) is 4.31 Å². The number of ether oxygens (including phenoxy) is 2. The van der Waals surface area contributed by atoms with Crippen LogP contribution in [0.3, 0.4) is 0 Å². The zero-order valence-electron chi connectivity index (χ0n) is 23.3. The number of carbonyl (C=O) groups is 1. The highest BCUT2D eigenvalue weighted by Gasteiger charge is 2.30. The number of para-hydroxylation sites is 1. The van der Waals surface area contributed by atoms with Gasteiger partial charge in [0.15, 0.2) is 11.5 Å². The van der Waals surface area contributed by atoms with Crippen LogP contribution in [0.25, 0.3) is 10.9 Å². The zero-order valence-corrected chi connectivity index (χ0v) is 24.9. The van der Waals surface area contributed by atoms with Gasteiger partial charge >= 0.3 is 0 Å². The fourth-order valence-corrected chi connectivity index (χ4v) is 7.11. The highest BCUT2D eigenvalue weighted by molar-refractivity contribution is 7.89. The second kappa shape index (κ2) is 13.3. The molecule has 2 heterocycles. The average Bonchev–Trinajstić information content (AvgIpc) is 3.38. The first-order chi connectivity index (χ1) is 19.3. The Morgan fingerprint density at radius 3 is 2.45 bits per heavy atom. The van der Waals surface area contributed by atoms with Gasteiger partial charge in [0, 0.05) is 34.4 Å². The lowest BCUT2D eigenvalue weighted by Crippen LogP contribution is -2.43. The van der Waals surface area contributed by atoms with Crippen molar-refractivity contribution in [2.45, 2.75) is 38.1 Å². The minimum Gasteiger partial charge on any atom is -0.493 e. The number of fused-ring (bicyclic) bond motifs is 1. The molecular weight excluding hydrogens is 546 g/mol. The molecule has 0 bridgehead atoms. The van der Waals surface area contributed by atoms with Crippen LogP contribution in [0.2, 0.25) is 0 Å². The lowest BCUT2D eigenvalue weighted by atomic mass is 10.1. The zero-order chi connectivity index (χ0) is 28.7. The van der Waals surface area contributed by atoms with Crippen LogP contribution in [0.5, 0.6) is 11.5 Å². The Morgan fingerprint density at radius 2 is 1.75 bits per heavy atom. The number of carbonyl (C=O) groups excluding carboxylic acids is 1. The van der Waals surface area contributed by atoms with E-state index in [0.29, 0.717) is 42.9 Å². The number of thiophene rings is 1. The third kappa shape index (κ3) is 6.80. The number of methoxy groups -OCH3 is 2. The fourth-order valence-electron chi connectivity index (χ4n) is 4.56. The summed E-state index contributed by atoms with van der Waals surface area (Å²) in [7, 11) is -0.799. The van der Waals surface area contributed by atoms with Crippen molar-refractivity contribution < 1.29 is 22.7 Å². The summed E-state index contributed by atoms with van der Waals surface area (Å²) in [4.78, 5) is 22.2. The molecule has 0 fully saturated rings. The third-order valence-corrected chi connectivity index (χ3v) is 9.47. The van der Waals surface area contributed by atoms with E-state index in [4.69, 9.17) is 9.47 Å². The number of amides is 1. The Morgan fingerprint density at radius 1 is 0.975 bits per heavy atom. The summed E-state index contributed by atoms with van der Waals surface area (Å²) in [6, 6.07) is 18.4. The summed E-state index contributed by atoms with van der Waals surface area (Å²) in [5, 5.41) is 0.732. The molecular formula is C30H35N3O5S2. The number of sulfonamides is 1. The molecule has 2 aromatic heterocycles. The van der Waals surface area contributed by atoms with Gasteiger partial charge in [-0.1, -0.05) is 31.2 Å². The van der Waals surface area contributed by atoms with Crippen molar-refractivity contribution in [2.24, 2.45) is 0 Å². The number of hydrogen-bond donors (Lipinski definition) is 0. The molecule has 4 rings (SSSR count). The maximum absolute atomic E-state index is 13.9. The van der Waals surface area contributed by atoms with Gasteiger partial charge < -0.3 is 14.4 Å². The van der Waals surface area contributed by atoms with Gasteiger partial charge in [-0.15, -0.1) is 11.3 Å². The van der Waals surface area contributed by atoms with E-state index in [1.807, 2.05) is 56.3 Å². The monoisotopic (exact) mass is 581 g/mol. The van der Waals surface area contributed by atoms with E-state index in [-0.39, 0.29) is 23.9 Å². The summed E-state index contributed by atoms with van der Waals surface area (Å²) in [5.74, 6) is 1.00. The maximum atomic E-state index is 13.9. The van der Waals surface area contributed by atoms with Crippen LogP contribution in [0.1, 0.15) is 28.7 Å². The van der Waals surface area contributed by atoms with Crippen molar-refractivity contribution in [3.8, 4) is 11.5 Å². The van der Waals surface area contributed by atoms with Crippen molar-refractivity contribution in [2.75, 3.05) is 33.9 Å². The first-order valence-electron chi connectivity index (χ1n) is 13.1. The molecule has 0 N–H and O–H groups in total. The summed E-state index contributed by atoms with van der Waals surface area (Å²) >= 11 is 1.63. The summed E-state index contributed by atoms with van der Waals surface area (Å²) in [5.41, 5.74) is 1.38. The molecule has 212 valence electrons. The maximum Gasteiger partial charge on any atom is 0.245 e. The number of aromatic nitrogens is 1. The van der Waals surface area contributed by atoms with Gasteiger partial charge in [0.2, 0.25) is 15.9 Å². The van der Waals surface area contributed by atoms with Crippen LogP contribution in [-0.4, -0.2) is 62.4 Å². The molecule has 8 nitrogen and oxygen atoms in total. The molecule has 0 atom stereocenters. The van der Waals surface area contributed by atoms with Gasteiger partial charge in [0.1, 0.15) is 4.90 Å². The van der Waals surface area contributed by atoms with Crippen molar-refractivity contribution in [3.05, 3.63) is 82.2 Å². The third-order valence-electron chi connectivity index (χ3n) is 6.61.